The number of hydrogen-bond donors (Lipinski definition) is 3. The van der Waals surface area contributed by atoms with Gasteiger partial charge in [-0.1, -0.05) is 0 Å². The second-order valence-electron chi connectivity index (χ2n) is 3.08. The van der Waals surface area contributed by atoms with E-state index in [0.29, 0.717) is 5.56 Å². The van der Waals surface area contributed by atoms with Gasteiger partial charge in [0.1, 0.15) is 11.8 Å². The van der Waals surface area contributed by atoms with Gasteiger partial charge in [0, 0.05) is 5.56 Å². The van der Waals surface area contributed by atoms with Crippen LogP contribution in [-0.4, -0.2) is 28.1 Å². The number of carbonyl (C=O) groups is 2. The lowest BCUT2D eigenvalue weighted by molar-refractivity contribution is -0.138. The average molecular weight is 209 g/mol. The Morgan fingerprint density at radius 1 is 1.27 bits per heavy atom. The van der Waals surface area contributed by atoms with Crippen LogP contribution >= 0.6 is 0 Å². The minimum absolute atomic E-state index is 0.0535. The first-order valence-corrected chi connectivity index (χ1v) is 4.33. The van der Waals surface area contributed by atoms with Crippen LogP contribution in [0.15, 0.2) is 24.3 Å². The van der Waals surface area contributed by atoms with E-state index < -0.39 is 17.9 Å². The van der Waals surface area contributed by atoms with Crippen molar-refractivity contribution in [2.75, 3.05) is 0 Å². The molecule has 0 radical (unpaired) electrons. The van der Waals surface area contributed by atoms with Crippen molar-refractivity contribution in [1.29, 1.82) is 0 Å². The van der Waals surface area contributed by atoms with E-state index >= 15 is 0 Å². The summed E-state index contributed by atoms with van der Waals surface area (Å²) in [5.41, 5.74) is 0.306. The fourth-order valence-corrected chi connectivity index (χ4v) is 0.955. The predicted octanol–water partition coefficient (Wildman–Crippen LogP) is 0.595. The summed E-state index contributed by atoms with van der Waals surface area (Å²) < 4.78 is 0. The van der Waals surface area contributed by atoms with Crippen molar-refractivity contribution in [3.8, 4) is 5.75 Å². The molecule has 1 aromatic carbocycles. The summed E-state index contributed by atoms with van der Waals surface area (Å²) in [5.74, 6) is -1.52. The molecule has 1 atom stereocenters. The summed E-state index contributed by atoms with van der Waals surface area (Å²) in [5, 5.41) is 19.8. The Morgan fingerprint density at radius 2 is 1.80 bits per heavy atom. The number of phenolic OH excluding ortho intramolecular Hbond substituents is 1. The lowest BCUT2D eigenvalue weighted by atomic mass is 10.2. The second-order valence-corrected chi connectivity index (χ2v) is 3.08. The Balaban J connectivity index is 2.69. The SMILES string of the molecule is CC(NC(=O)c1ccc(O)cc1)C(=O)O. The van der Waals surface area contributed by atoms with Crippen LogP contribution in [0.5, 0.6) is 5.75 Å². The predicted molar refractivity (Wildman–Crippen MR) is 52.7 cm³/mol. The van der Waals surface area contributed by atoms with Crippen LogP contribution in [-0.2, 0) is 4.79 Å². The first kappa shape index (κ1) is 11.0. The number of carboxylic acids is 1. The number of carboxylic acid groups (broad SMARTS) is 1. The van der Waals surface area contributed by atoms with Gasteiger partial charge in [0.15, 0.2) is 0 Å². The topological polar surface area (TPSA) is 86.6 Å². The number of rotatable bonds is 3. The fourth-order valence-electron chi connectivity index (χ4n) is 0.955. The molecule has 0 aliphatic carbocycles. The maximum Gasteiger partial charge on any atom is 0.325 e. The van der Waals surface area contributed by atoms with Crippen LogP contribution in [0.25, 0.3) is 0 Å². The van der Waals surface area contributed by atoms with Crippen LogP contribution < -0.4 is 5.32 Å². The molecule has 15 heavy (non-hydrogen) atoms. The Hall–Kier alpha value is -2.04. The van der Waals surface area contributed by atoms with Gasteiger partial charge in [-0.15, -0.1) is 0 Å². The number of hydrogen-bond acceptors (Lipinski definition) is 3. The highest BCUT2D eigenvalue weighted by atomic mass is 16.4. The van der Waals surface area contributed by atoms with Crippen molar-refractivity contribution in [1.82, 2.24) is 5.32 Å². The molecule has 5 heteroatoms. The molecule has 0 aliphatic rings. The largest absolute Gasteiger partial charge is 0.508 e. The number of benzene rings is 1. The van der Waals surface area contributed by atoms with Gasteiger partial charge < -0.3 is 15.5 Å². The quantitative estimate of drug-likeness (QED) is 0.680. The molecule has 3 N–H and O–H groups in total. The van der Waals surface area contributed by atoms with Crippen LogP contribution in [0.4, 0.5) is 0 Å². The van der Waals surface area contributed by atoms with E-state index in [1.165, 1.54) is 31.2 Å². The van der Waals surface area contributed by atoms with Crippen LogP contribution in [0.2, 0.25) is 0 Å². The van der Waals surface area contributed by atoms with Crippen molar-refractivity contribution in [3.05, 3.63) is 29.8 Å². The van der Waals surface area contributed by atoms with Gasteiger partial charge in [-0.2, -0.15) is 0 Å². The summed E-state index contributed by atoms with van der Waals surface area (Å²) in [6.45, 7) is 1.38. The van der Waals surface area contributed by atoms with E-state index in [-0.39, 0.29) is 5.75 Å². The van der Waals surface area contributed by atoms with Gasteiger partial charge in [0.25, 0.3) is 5.91 Å². The van der Waals surface area contributed by atoms with Gasteiger partial charge in [0.05, 0.1) is 0 Å². The molecular formula is C10H11NO4. The van der Waals surface area contributed by atoms with E-state index in [4.69, 9.17) is 10.2 Å². The molecule has 1 amide bonds. The summed E-state index contributed by atoms with van der Waals surface area (Å²) in [6.07, 6.45) is 0. The highest BCUT2D eigenvalue weighted by Gasteiger charge is 2.14. The standard InChI is InChI=1S/C10H11NO4/c1-6(10(14)15)11-9(13)7-2-4-8(12)5-3-7/h2-6,12H,1H3,(H,11,13)(H,14,15). The summed E-state index contributed by atoms with van der Waals surface area (Å²) in [7, 11) is 0. The van der Waals surface area contributed by atoms with Crippen LogP contribution in [0.1, 0.15) is 17.3 Å². The lowest BCUT2D eigenvalue weighted by Crippen LogP contribution is -2.38. The summed E-state index contributed by atoms with van der Waals surface area (Å²) >= 11 is 0. The zero-order chi connectivity index (χ0) is 11.4. The molecule has 80 valence electrons. The Kier molecular flexibility index (Phi) is 3.28. The van der Waals surface area contributed by atoms with Crippen molar-refractivity contribution in [2.45, 2.75) is 13.0 Å². The van der Waals surface area contributed by atoms with Gasteiger partial charge in [-0.05, 0) is 31.2 Å². The van der Waals surface area contributed by atoms with Crippen molar-refractivity contribution in [2.24, 2.45) is 0 Å². The van der Waals surface area contributed by atoms with Crippen molar-refractivity contribution in [3.63, 3.8) is 0 Å². The molecule has 0 aromatic heterocycles. The molecule has 1 unspecified atom stereocenters. The molecule has 0 spiro atoms. The highest BCUT2D eigenvalue weighted by Crippen LogP contribution is 2.09. The van der Waals surface area contributed by atoms with Crippen LogP contribution in [0, 0.1) is 0 Å². The normalized spacial score (nSPS) is 11.8. The molecule has 0 saturated heterocycles. The first-order chi connectivity index (χ1) is 7.00. The van der Waals surface area contributed by atoms with Crippen LogP contribution in [0.3, 0.4) is 0 Å². The minimum atomic E-state index is -1.10. The fraction of sp³-hybridized carbons (Fsp3) is 0.200. The zero-order valence-electron chi connectivity index (χ0n) is 8.10. The average Bonchev–Trinajstić information content (AvgIpc) is 2.18. The molecule has 0 saturated carbocycles. The van der Waals surface area contributed by atoms with E-state index in [9.17, 15) is 9.59 Å². The Labute approximate surface area is 86.4 Å². The van der Waals surface area contributed by atoms with Crippen molar-refractivity contribution < 1.29 is 19.8 Å². The Morgan fingerprint density at radius 3 is 2.27 bits per heavy atom. The lowest BCUT2D eigenvalue weighted by Gasteiger charge is -2.08. The third kappa shape index (κ3) is 2.98. The van der Waals surface area contributed by atoms with Gasteiger partial charge in [-0.3, -0.25) is 9.59 Å². The smallest absolute Gasteiger partial charge is 0.325 e. The van der Waals surface area contributed by atoms with Gasteiger partial charge in [-0.25, -0.2) is 0 Å². The molecular weight excluding hydrogens is 198 g/mol. The van der Waals surface area contributed by atoms with Gasteiger partial charge in [0.2, 0.25) is 0 Å². The van der Waals surface area contributed by atoms with E-state index in [1.54, 1.807) is 0 Å². The number of amides is 1. The number of nitrogens with one attached hydrogen (secondary N) is 1. The summed E-state index contributed by atoms with van der Waals surface area (Å²) in [4.78, 5) is 21.9. The van der Waals surface area contributed by atoms with E-state index in [0.717, 1.165) is 0 Å². The maximum absolute atomic E-state index is 11.4. The van der Waals surface area contributed by atoms with E-state index in [2.05, 4.69) is 5.32 Å². The molecule has 0 fully saturated rings. The molecule has 0 aliphatic heterocycles. The molecule has 1 rings (SSSR count). The van der Waals surface area contributed by atoms with Gasteiger partial charge >= 0.3 is 5.97 Å². The Bertz CT molecular complexity index is 372. The number of aromatic hydroxyl groups is 1. The zero-order valence-corrected chi connectivity index (χ0v) is 8.10. The molecule has 0 bridgehead atoms. The number of carbonyl (C=O) groups excluding carboxylic acids is 1. The van der Waals surface area contributed by atoms with E-state index in [1.807, 2.05) is 0 Å². The number of phenols is 1. The molecule has 0 heterocycles. The minimum Gasteiger partial charge on any atom is -0.508 e. The third-order valence-electron chi connectivity index (χ3n) is 1.85. The second kappa shape index (κ2) is 4.45. The third-order valence-corrected chi connectivity index (χ3v) is 1.85. The highest BCUT2D eigenvalue weighted by molar-refractivity contribution is 5.96. The number of aliphatic carboxylic acids is 1. The molecule has 1 aromatic rings. The monoisotopic (exact) mass is 209 g/mol. The molecule has 5 nitrogen and oxygen atoms in total. The first-order valence-electron chi connectivity index (χ1n) is 4.33. The van der Waals surface area contributed by atoms with Crippen molar-refractivity contribution >= 4 is 11.9 Å². The summed E-state index contributed by atoms with van der Waals surface area (Å²) in [6, 6.07) is 4.62. The maximum atomic E-state index is 11.4.